The van der Waals surface area contributed by atoms with Crippen LogP contribution in [0.25, 0.3) is 0 Å². The van der Waals surface area contributed by atoms with E-state index in [-0.39, 0.29) is 36.2 Å². The summed E-state index contributed by atoms with van der Waals surface area (Å²) in [4.78, 5) is 25.4. The average Bonchev–Trinajstić information content (AvgIpc) is 3.14. The maximum atomic E-state index is 13.3. The molecule has 3 aliphatic carbocycles. The average molecular weight is 562 g/mol. The number of rotatable bonds is 13. The lowest BCUT2D eigenvalue weighted by Gasteiger charge is -2.40. The molecule has 6 nitrogen and oxygen atoms in total. The lowest BCUT2D eigenvalue weighted by Crippen LogP contribution is -2.37. The summed E-state index contributed by atoms with van der Waals surface area (Å²) in [6.45, 7) is 4.14. The van der Waals surface area contributed by atoms with Gasteiger partial charge in [-0.05, 0) is 79.5 Å². The monoisotopic (exact) mass is 561 g/mol. The zero-order valence-corrected chi connectivity index (χ0v) is 23.8. The van der Waals surface area contributed by atoms with Gasteiger partial charge in [-0.1, -0.05) is 42.8 Å². The third-order valence-corrected chi connectivity index (χ3v) is 8.78. The van der Waals surface area contributed by atoms with Gasteiger partial charge >= 0.3 is 5.97 Å². The van der Waals surface area contributed by atoms with Gasteiger partial charge in [0.15, 0.2) is 0 Å². The highest BCUT2D eigenvalue weighted by atomic mass is 35.5. The molecule has 0 aliphatic heterocycles. The van der Waals surface area contributed by atoms with E-state index >= 15 is 0 Å². The summed E-state index contributed by atoms with van der Waals surface area (Å²) in [7, 11) is 0. The van der Waals surface area contributed by atoms with Crippen molar-refractivity contribution in [2.24, 2.45) is 29.6 Å². The largest absolute Gasteiger partial charge is 0.465 e. The fourth-order valence-corrected chi connectivity index (χ4v) is 6.59. The van der Waals surface area contributed by atoms with Crippen LogP contribution in [0.5, 0.6) is 0 Å². The van der Waals surface area contributed by atoms with Gasteiger partial charge in [-0.25, -0.2) is 0 Å². The number of allylic oxidation sites excluding steroid dienone is 3. The minimum atomic E-state index is -0.187. The fourth-order valence-electron chi connectivity index (χ4n) is 6.34. The lowest BCUT2D eigenvalue weighted by atomic mass is 9.64. The van der Waals surface area contributed by atoms with E-state index in [2.05, 4.69) is 43.1 Å². The zero-order chi connectivity index (χ0) is 26.9. The van der Waals surface area contributed by atoms with E-state index in [0.717, 1.165) is 30.0 Å². The van der Waals surface area contributed by atoms with Gasteiger partial charge in [0.2, 0.25) is 5.91 Å². The van der Waals surface area contributed by atoms with Gasteiger partial charge in [-0.15, -0.1) is 0 Å². The summed E-state index contributed by atoms with van der Waals surface area (Å²) < 4.78 is 16.5. The quantitative estimate of drug-likeness (QED) is 0.187. The van der Waals surface area contributed by atoms with Gasteiger partial charge in [0.05, 0.1) is 32.3 Å². The minimum absolute atomic E-state index is 0.00648. The molecule has 8 heteroatoms. The van der Waals surface area contributed by atoms with Gasteiger partial charge in [0.1, 0.15) is 6.61 Å². The lowest BCUT2D eigenvalue weighted by molar-refractivity contribution is -0.152. The highest BCUT2D eigenvalue weighted by molar-refractivity contribution is 7.80. The molecule has 1 aromatic carbocycles. The van der Waals surface area contributed by atoms with Crippen molar-refractivity contribution in [3.8, 4) is 0 Å². The highest BCUT2D eigenvalue weighted by Crippen LogP contribution is 2.56. The molecule has 2 fully saturated rings. The number of nitrogens with one attached hydrogen (secondary N) is 1. The molecule has 0 heterocycles. The van der Waals surface area contributed by atoms with Crippen molar-refractivity contribution in [2.45, 2.75) is 44.9 Å². The Morgan fingerprint density at radius 1 is 1.08 bits per heavy atom. The number of ether oxygens (including phenoxy) is 3. The van der Waals surface area contributed by atoms with Gasteiger partial charge < -0.3 is 19.5 Å². The maximum Gasteiger partial charge on any atom is 0.309 e. The Morgan fingerprint density at radius 2 is 1.87 bits per heavy atom. The summed E-state index contributed by atoms with van der Waals surface area (Å²) in [5.74, 6) is 2.56. The molecule has 208 valence electrons. The molecule has 38 heavy (non-hydrogen) atoms. The van der Waals surface area contributed by atoms with Gasteiger partial charge in [-0.3, -0.25) is 9.59 Å². The third-order valence-electron chi connectivity index (χ3n) is 8.34. The number of carbonyl (C=O) groups excluding carboxylic acids is 2. The molecule has 4 unspecified atom stereocenters. The van der Waals surface area contributed by atoms with Crippen LogP contribution in [-0.4, -0.2) is 50.7 Å². The SMILES string of the molecule is CC1[C@@H]2CC[C@H]1C(c1ccc(Cl)cc1)C(C(=O)OCCC1C=CC(NC(=O)COCCOCCS)=CC1)C2. The van der Waals surface area contributed by atoms with Crippen molar-refractivity contribution in [1.29, 1.82) is 0 Å². The molecule has 0 spiro atoms. The molecule has 0 aromatic heterocycles. The second-order valence-corrected chi connectivity index (χ2v) is 11.6. The Bertz CT molecular complexity index is 997. The number of halogens is 1. The van der Waals surface area contributed by atoms with E-state index in [4.69, 9.17) is 25.8 Å². The molecular formula is C30H40ClNO5S. The van der Waals surface area contributed by atoms with Crippen LogP contribution in [0.2, 0.25) is 5.02 Å². The Morgan fingerprint density at radius 3 is 2.61 bits per heavy atom. The Hall–Kier alpha value is -1.80. The number of hydrogen-bond donors (Lipinski definition) is 2. The predicted molar refractivity (Wildman–Crippen MR) is 152 cm³/mol. The van der Waals surface area contributed by atoms with Crippen LogP contribution in [0.4, 0.5) is 0 Å². The predicted octanol–water partition coefficient (Wildman–Crippen LogP) is 5.58. The minimum Gasteiger partial charge on any atom is -0.465 e. The number of amides is 1. The summed E-state index contributed by atoms with van der Waals surface area (Å²) >= 11 is 10.2. The molecule has 0 saturated heterocycles. The second-order valence-electron chi connectivity index (χ2n) is 10.7. The topological polar surface area (TPSA) is 73.9 Å². The molecule has 4 rings (SSSR count). The second kappa shape index (κ2) is 14.5. The zero-order valence-electron chi connectivity index (χ0n) is 22.2. The summed E-state index contributed by atoms with van der Waals surface area (Å²) in [6.07, 6.45) is 10.8. The first kappa shape index (κ1) is 29.2. The Balaban J connectivity index is 1.20. The molecule has 1 aromatic rings. The summed E-state index contributed by atoms with van der Waals surface area (Å²) in [6, 6.07) is 8.03. The van der Waals surface area contributed by atoms with E-state index in [1.54, 1.807) is 0 Å². The fraction of sp³-hybridized carbons (Fsp3) is 0.600. The van der Waals surface area contributed by atoms with Crippen molar-refractivity contribution >= 4 is 36.1 Å². The number of esters is 1. The van der Waals surface area contributed by atoms with Crippen LogP contribution in [0.3, 0.4) is 0 Å². The van der Waals surface area contributed by atoms with Crippen LogP contribution >= 0.6 is 24.2 Å². The molecule has 1 N–H and O–H groups in total. The molecular weight excluding hydrogens is 522 g/mol. The van der Waals surface area contributed by atoms with Crippen molar-refractivity contribution in [3.63, 3.8) is 0 Å². The smallest absolute Gasteiger partial charge is 0.309 e. The van der Waals surface area contributed by atoms with Gasteiger partial charge in [-0.2, -0.15) is 12.6 Å². The van der Waals surface area contributed by atoms with Crippen LogP contribution in [0.15, 0.2) is 48.2 Å². The first-order chi connectivity index (χ1) is 18.5. The summed E-state index contributed by atoms with van der Waals surface area (Å²) in [5, 5.41) is 3.58. The first-order valence-corrected chi connectivity index (χ1v) is 14.8. The standard InChI is InChI=1S/C30H40ClNO5S/c1-20-23-6-11-26(20)29(22-4-7-24(31)8-5-22)27(18-23)30(34)37-13-12-21-2-9-25(10-3-21)32-28(33)19-36-15-14-35-16-17-38/h2,4-5,7-10,20-21,23,26-27,29,38H,3,6,11-19H2,1H3,(H,32,33)/t20?,21?,23-,26-,27?,29?/m1/s1. The van der Waals surface area contributed by atoms with Crippen molar-refractivity contribution in [1.82, 2.24) is 5.32 Å². The van der Waals surface area contributed by atoms with Crippen LogP contribution < -0.4 is 5.32 Å². The number of carbonyl (C=O) groups is 2. The summed E-state index contributed by atoms with van der Waals surface area (Å²) in [5.41, 5.74) is 1.98. The van der Waals surface area contributed by atoms with Gasteiger partial charge in [0, 0.05) is 22.4 Å². The molecule has 2 saturated carbocycles. The van der Waals surface area contributed by atoms with E-state index in [1.807, 2.05) is 24.3 Å². The molecule has 3 aliphatic rings. The number of hydrogen-bond acceptors (Lipinski definition) is 6. The molecule has 6 atom stereocenters. The molecule has 2 bridgehead atoms. The van der Waals surface area contributed by atoms with Crippen LogP contribution in [-0.2, 0) is 23.8 Å². The maximum absolute atomic E-state index is 13.3. The highest BCUT2D eigenvalue weighted by Gasteiger charge is 2.50. The Kier molecular flexibility index (Phi) is 11.2. The van der Waals surface area contributed by atoms with E-state index in [0.29, 0.717) is 49.9 Å². The Labute approximate surface area is 236 Å². The van der Waals surface area contributed by atoms with E-state index in [1.165, 1.54) is 18.4 Å². The number of fused-ring (bicyclic) bond motifs is 2. The van der Waals surface area contributed by atoms with Crippen LogP contribution in [0, 0.1) is 29.6 Å². The molecule has 1 amide bonds. The van der Waals surface area contributed by atoms with E-state index < -0.39 is 0 Å². The van der Waals surface area contributed by atoms with E-state index in [9.17, 15) is 9.59 Å². The third kappa shape index (κ3) is 7.87. The van der Waals surface area contributed by atoms with Crippen molar-refractivity contribution in [3.05, 3.63) is 58.8 Å². The van der Waals surface area contributed by atoms with Crippen molar-refractivity contribution in [2.75, 3.05) is 38.8 Å². The molecule has 0 radical (unpaired) electrons. The number of thiol groups is 1. The van der Waals surface area contributed by atoms with Crippen molar-refractivity contribution < 1.29 is 23.8 Å². The first-order valence-electron chi connectivity index (χ1n) is 13.8. The normalized spacial score (nSPS) is 28.1. The number of benzene rings is 1. The van der Waals surface area contributed by atoms with Crippen LogP contribution in [0.1, 0.15) is 50.5 Å². The van der Waals surface area contributed by atoms with Gasteiger partial charge in [0.25, 0.3) is 0 Å².